The predicted molar refractivity (Wildman–Crippen MR) is 64.8 cm³/mol. The second-order valence-corrected chi connectivity index (χ2v) is 7.77. The van der Waals surface area contributed by atoms with Crippen LogP contribution in [0.15, 0.2) is 0 Å². The van der Waals surface area contributed by atoms with Crippen LogP contribution in [0, 0.1) is 0 Å². The van der Waals surface area contributed by atoms with Gasteiger partial charge in [-0.1, -0.05) is 0 Å². The third kappa shape index (κ3) is 9.32. The summed E-state index contributed by atoms with van der Waals surface area (Å²) in [4.78, 5) is 0. The van der Waals surface area contributed by atoms with Crippen molar-refractivity contribution in [1.29, 1.82) is 0 Å². The Labute approximate surface area is 101 Å². The molecule has 0 aromatic heterocycles. The van der Waals surface area contributed by atoms with Crippen molar-refractivity contribution in [3.63, 3.8) is 0 Å². The second-order valence-electron chi connectivity index (χ2n) is 3.95. The van der Waals surface area contributed by atoms with Gasteiger partial charge < -0.3 is 0 Å². The van der Waals surface area contributed by atoms with Crippen molar-refractivity contribution in [1.82, 2.24) is 0 Å². The van der Waals surface area contributed by atoms with Crippen LogP contribution in [-0.2, 0) is 3.07 Å². The molecule has 0 amide bonds. The monoisotopic (exact) mass is 306 g/mol. The normalized spacial score (nSPS) is 11.1. The van der Waals surface area contributed by atoms with E-state index in [-0.39, 0.29) is 0 Å². The van der Waals surface area contributed by atoms with Crippen molar-refractivity contribution in [3.8, 4) is 0 Å². The van der Waals surface area contributed by atoms with Crippen LogP contribution in [0.25, 0.3) is 0 Å². The Morgan fingerprint density at radius 3 is 1.93 bits per heavy atom. The molecule has 0 aromatic carbocycles. The fourth-order valence-electron chi connectivity index (χ4n) is 1.44. The van der Waals surface area contributed by atoms with Crippen LogP contribution in [0.4, 0.5) is 0 Å². The van der Waals surface area contributed by atoms with Gasteiger partial charge in [0, 0.05) is 0 Å². The van der Waals surface area contributed by atoms with Gasteiger partial charge in [-0.25, -0.2) is 0 Å². The Balaban J connectivity index is 3.49. The molecule has 2 heteroatoms. The molecule has 0 rings (SSSR count). The molecule has 1 nitrogen and oxygen atoms in total. The molecule has 0 heterocycles. The van der Waals surface area contributed by atoms with Crippen molar-refractivity contribution >= 4 is 21.6 Å². The maximum absolute atomic E-state index is 5.81. The van der Waals surface area contributed by atoms with E-state index in [2.05, 4.69) is 20.8 Å². The molecule has 0 aliphatic carbocycles. The summed E-state index contributed by atoms with van der Waals surface area (Å²) >= 11 is -0.500. The fraction of sp³-hybridized carbons (Fsp3) is 1.00. The molecule has 0 atom stereocenters. The van der Waals surface area contributed by atoms with Crippen LogP contribution >= 0.6 is 0 Å². The summed E-state index contributed by atoms with van der Waals surface area (Å²) in [5.74, 6) is 0. The van der Waals surface area contributed by atoms with Crippen molar-refractivity contribution in [2.75, 3.05) is 6.61 Å². The topological polar surface area (TPSA) is 9.23 Å². The third-order valence-electron chi connectivity index (χ3n) is 2.37. The summed E-state index contributed by atoms with van der Waals surface area (Å²) in [6.45, 7) is 7.79. The molecule has 0 unspecified atom stereocenters. The Morgan fingerprint density at radius 1 is 0.929 bits per heavy atom. The zero-order chi connectivity index (χ0) is 10.6. The van der Waals surface area contributed by atoms with Gasteiger partial charge in [-0.2, -0.15) is 0 Å². The molecule has 0 spiro atoms. The van der Waals surface area contributed by atoms with Crippen molar-refractivity contribution in [2.45, 2.75) is 69.7 Å². The fourth-order valence-corrected chi connectivity index (χ4v) is 4.87. The number of hydrogen-bond acceptors (Lipinski definition) is 1. The molecule has 0 saturated heterocycles. The minimum absolute atomic E-state index is 0.500. The van der Waals surface area contributed by atoms with Crippen LogP contribution < -0.4 is 0 Å². The van der Waals surface area contributed by atoms with Gasteiger partial charge in [-0.05, 0) is 0 Å². The van der Waals surface area contributed by atoms with Gasteiger partial charge in [0.25, 0.3) is 0 Å². The predicted octanol–water partition coefficient (Wildman–Crippen LogP) is 4.20. The first-order chi connectivity index (χ1) is 6.85. The van der Waals surface area contributed by atoms with E-state index in [0.29, 0.717) is 0 Å². The third-order valence-corrected chi connectivity index (χ3v) is 6.03. The van der Waals surface area contributed by atoms with Crippen molar-refractivity contribution < 1.29 is 3.07 Å². The van der Waals surface area contributed by atoms with Gasteiger partial charge in [0.1, 0.15) is 0 Å². The molecule has 0 fully saturated rings. The molecule has 0 aliphatic rings. The average molecular weight is 305 g/mol. The molecule has 14 heavy (non-hydrogen) atoms. The molecular formula is C12H26OSn. The second kappa shape index (κ2) is 11.8. The maximum atomic E-state index is 5.81. The molecule has 0 saturated carbocycles. The first-order valence-electron chi connectivity index (χ1n) is 6.22. The molecular weight excluding hydrogens is 279 g/mol. The Hall–Kier alpha value is 0.759. The summed E-state index contributed by atoms with van der Waals surface area (Å²) in [6.07, 6.45) is 9.56. The number of unbranched alkanes of at least 4 members (excludes halogenated alkanes) is 2. The summed E-state index contributed by atoms with van der Waals surface area (Å²) in [6, 6.07) is 0. The van der Waals surface area contributed by atoms with Crippen molar-refractivity contribution in [3.05, 3.63) is 0 Å². The summed E-state index contributed by atoms with van der Waals surface area (Å²) in [5, 5.41) is 0. The van der Waals surface area contributed by atoms with Gasteiger partial charge in [-0.3, -0.25) is 0 Å². The van der Waals surface area contributed by atoms with Crippen molar-refractivity contribution in [2.24, 2.45) is 0 Å². The average Bonchev–Trinajstić information content (AvgIpc) is 2.21. The first kappa shape index (κ1) is 14.8. The molecule has 84 valence electrons. The summed E-state index contributed by atoms with van der Waals surface area (Å²) < 4.78 is 6.80. The molecule has 0 aromatic rings. The van der Waals surface area contributed by atoms with E-state index in [1.165, 1.54) is 44.9 Å². The standard InChI is InChI=1S/C9H19.C3H7O.Sn/c1-3-5-7-9-8-6-4-2;1-2-3-4;/h9H,3-8H2,1-2H3;2-3H2,1H3;/q;-1;+1. The molecule has 2 radical (unpaired) electrons. The minimum atomic E-state index is -0.500. The van der Waals surface area contributed by atoms with Crippen LogP contribution in [0.3, 0.4) is 0 Å². The van der Waals surface area contributed by atoms with Gasteiger partial charge in [-0.15, -0.1) is 0 Å². The molecule has 0 aliphatic heterocycles. The van der Waals surface area contributed by atoms with E-state index < -0.39 is 21.6 Å². The van der Waals surface area contributed by atoms with Gasteiger partial charge in [0.15, 0.2) is 0 Å². The van der Waals surface area contributed by atoms with E-state index >= 15 is 0 Å². The molecule has 0 N–H and O–H groups in total. The zero-order valence-corrected chi connectivity index (χ0v) is 13.0. The van der Waals surface area contributed by atoms with Crippen LogP contribution in [0.5, 0.6) is 0 Å². The first-order valence-corrected chi connectivity index (χ1v) is 9.03. The molecule has 0 bridgehead atoms. The number of rotatable bonds is 10. The Kier molecular flexibility index (Phi) is 12.5. The van der Waals surface area contributed by atoms with Gasteiger partial charge in [0.2, 0.25) is 0 Å². The van der Waals surface area contributed by atoms with Crippen LogP contribution in [-0.4, -0.2) is 28.2 Å². The Morgan fingerprint density at radius 2 is 1.50 bits per heavy atom. The van der Waals surface area contributed by atoms with E-state index in [1.54, 1.807) is 0 Å². The summed E-state index contributed by atoms with van der Waals surface area (Å²) in [5.41, 5.74) is 0. The van der Waals surface area contributed by atoms with Gasteiger partial charge in [0.05, 0.1) is 0 Å². The van der Waals surface area contributed by atoms with E-state index in [1.807, 2.05) is 0 Å². The van der Waals surface area contributed by atoms with Crippen LogP contribution in [0.2, 0.25) is 3.93 Å². The summed E-state index contributed by atoms with van der Waals surface area (Å²) in [7, 11) is 0. The van der Waals surface area contributed by atoms with Gasteiger partial charge >= 0.3 is 101 Å². The van der Waals surface area contributed by atoms with E-state index in [0.717, 1.165) is 10.5 Å². The van der Waals surface area contributed by atoms with E-state index in [4.69, 9.17) is 3.07 Å². The van der Waals surface area contributed by atoms with E-state index in [9.17, 15) is 0 Å². The Bertz CT molecular complexity index is 98.5. The van der Waals surface area contributed by atoms with Crippen LogP contribution in [0.1, 0.15) is 65.7 Å². The zero-order valence-electron chi connectivity index (χ0n) is 10.1. The quantitative estimate of drug-likeness (QED) is 0.434. The number of hydrogen-bond donors (Lipinski definition) is 0. The SMILES string of the molecule is CCCC[CH](CCCC)[Sn][O]CCC.